The summed E-state index contributed by atoms with van der Waals surface area (Å²) in [5.41, 5.74) is 3.68. The standard InChI is InChI=1S/C22H17FN4O2S/c23-14-2-4-15-17(11-24-18(15)10-14)12-5-7-27(8-6-12)21(29)13-1-3-16-19(9-13)25-22(30)26-20(16)28/h1-5,9-11,24H,6-8H2,(H2,25,26,28,30). The number of aromatic amines is 3. The Hall–Kier alpha value is -3.52. The van der Waals surface area contributed by atoms with Crippen LogP contribution in [0.4, 0.5) is 4.39 Å². The van der Waals surface area contributed by atoms with Crippen molar-refractivity contribution < 1.29 is 9.18 Å². The Balaban J connectivity index is 1.41. The molecular weight excluding hydrogens is 403 g/mol. The first-order valence-electron chi connectivity index (χ1n) is 9.51. The van der Waals surface area contributed by atoms with E-state index in [2.05, 4.69) is 15.0 Å². The number of H-pyrrole nitrogens is 3. The Bertz CT molecular complexity index is 1460. The van der Waals surface area contributed by atoms with Gasteiger partial charge >= 0.3 is 0 Å². The lowest BCUT2D eigenvalue weighted by molar-refractivity contribution is 0.0773. The number of carbonyl (C=O) groups excluding carboxylic acids is 1. The molecule has 0 radical (unpaired) electrons. The summed E-state index contributed by atoms with van der Waals surface area (Å²) in [5.74, 6) is -0.379. The van der Waals surface area contributed by atoms with Crippen LogP contribution < -0.4 is 5.56 Å². The molecule has 150 valence electrons. The highest BCUT2D eigenvalue weighted by Crippen LogP contribution is 2.30. The van der Waals surface area contributed by atoms with E-state index in [4.69, 9.17) is 12.2 Å². The second kappa shape index (κ2) is 7.07. The van der Waals surface area contributed by atoms with Gasteiger partial charge in [0.05, 0.1) is 10.9 Å². The van der Waals surface area contributed by atoms with Crippen molar-refractivity contribution in [3.63, 3.8) is 0 Å². The second-order valence-corrected chi connectivity index (χ2v) is 7.70. The van der Waals surface area contributed by atoms with Gasteiger partial charge in [-0.25, -0.2) is 4.39 Å². The van der Waals surface area contributed by atoms with Gasteiger partial charge in [0.15, 0.2) is 4.77 Å². The lowest BCUT2D eigenvalue weighted by Gasteiger charge is -2.26. The van der Waals surface area contributed by atoms with Gasteiger partial charge in [0.25, 0.3) is 11.5 Å². The smallest absolute Gasteiger partial charge is 0.259 e. The van der Waals surface area contributed by atoms with Gasteiger partial charge < -0.3 is 14.9 Å². The number of rotatable bonds is 2. The number of hydrogen-bond acceptors (Lipinski definition) is 3. The number of halogens is 1. The molecule has 8 heteroatoms. The molecule has 30 heavy (non-hydrogen) atoms. The predicted molar refractivity (Wildman–Crippen MR) is 117 cm³/mol. The van der Waals surface area contributed by atoms with Gasteiger partial charge in [-0.05, 0) is 60.6 Å². The molecule has 0 unspecified atom stereocenters. The molecular formula is C22H17FN4O2S. The van der Waals surface area contributed by atoms with E-state index in [1.165, 1.54) is 12.1 Å². The van der Waals surface area contributed by atoms with Crippen molar-refractivity contribution in [2.75, 3.05) is 13.1 Å². The molecule has 0 spiro atoms. The summed E-state index contributed by atoms with van der Waals surface area (Å²) in [6.45, 7) is 1.05. The molecule has 1 aliphatic rings. The second-order valence-electron chi connectivity index (χ2n) is 7.29. The van der Waals surface area contributed by atoms with Crippen molar-refractivity contribution in [1.82, 2.24) is 19.9 Å². The molecule has 3 heterocycles. The zero-order valence-corrected chi connectivity index (χ0v) is 16.6. The summed E-state index contributed by atoms with van der Waals surface area (Å²) < 4.78 is 13.6. The van der Waals surface area contributed by atoms with E-state index in [1.807, 2.05) is 12.3 Å². The maximum absolute atomic E-state index is 13.4. The van der Waals surface area contributed by atoms with Gasteiger partial charge in [-0.2, -0.15) is 0 Å². The van der Waals surface area contributed by atoms with Gasteiger partial charge in [-0.15, -0.1) is 0 Å². The van der Waals surface area contributed by atoms with E-state index in [0.29, 0.717) is 36.0 Å². The van der Waals surface area contributed by atoms with Crippen LogP contribution in [-0.2, 0) is 0 Å². The average molecular weight is 420 g/mol. The van der Waals surface area contributed by atoms with Crippen LogP contribution in [0.2, 0.25) is 0 Å². The third kappa shape index (κ3) is 3.15. The zero-order valence-electron chi connectivity index (χ0n) is 15.8. The lowest BCUT2D eigenvalue weighted by Crippen LogP contribution is -2.34. The molecule has 2 aromatic carbocycles. The van der Waals surface area contributed by atoms with E-state index in [9.17, 15) is 14.0 Å². The van der Waals surface area contributed by atoms with Crippen LogP contribution in [0.5, 0.6) is 0 Å². The van der Waals surface area contributed by atoms with Crippen molar-refractivity contribution in [1.29, 1.82) is 0 Å². The quantitative estimate of drug-likeness (QED) is 0.426. The number of nitrogens with zero attached hydrogens (tertiary/aromatic N) is 1. The van der Waals surface area contributed by atoms with Crippen LogP contribution in [0.1, 0.15) is 22.3 Å². The maximum atomic E-state index is 13.4. The first-order valence-corrected chi connectivity index (χ1v) is 9.92. The van der Waals surface area contributed by atoms with Crippen LogP contribution in [0.25, 0.3) is 27.4 Å². The number of fused-ring (bicyclic) bond motifs is 2. The number of carbonyl (C=O) groups is 1. The molecule has 6 nitrogen and oxygen atoms in total. The predicted octanol–water partition coefficient (Wildman–Crippen LogP) is 4.14. The van der Waals surface area contributed by atoms with Crippen LogP contribution in [-0.4, -0.2) is 38.8 Å². The molecule has 0 saturated carbocycles. The van der Waals surface area contributed by atoms with Gasteiger partial charge in [0.2, 0.25) is 0 Å². The molecule has 0 fully saturated rings. The van der Waals surface area contributed by atoms with Crippen molar-refractivity contribution in [3.05, 3.63) is 80.7 Å². The maximum Gasteiger partial charge on any atom is 0.259 e. The Morgan fingerprint density at radius 1 is 1.07 bits per heavy atom. The van der Waals surface area contributed by atoms with Gasteiger partial charge in [0.1, 0.15) is 5.82 Å². The monoisotopic (exact) mass is 420 g/mol. The minimum atomic E-state index is -0.281. The fourth-order valence-electron chi connectivity index (χ4n) is 3.95. The number of hydrogen-bond donors (Lipinski definition) is 3. The van der Waals surface area contributed by atoms with Gasteiger partial charge in [0, 0.05) is 41.3 Å². The lowest BCUT2D eigenvalue weighted by atomic mass is 9.98. The van der Waals surface area contributed by atoms with E-state index >= 15 is 0 Å². The fraction of sp³-hybridized carbons (Fsp3) is 0.136. The van der Waals surface area contributed by atoms with Crippen molar-refractivity contribution in [2.45, 2.75) is 6.42 Å². The van der Waals surface area contributed by atoms with Crippen molar-refractivity contribution in [3.8, 4) is 0 Å². The summed E-state index contributed by atoms with van der Waals surface area (Å²) in [4.78, 5) is 35.3. The Morgan fingerprint density at radius 2 is 1.90 bits per heavy atom. The van der Waals surface area contributed by atoms with Crippen LogP contribution >= 0.6 is 12.2 Å². The summed E-state index contributed by atoms with van der Waals surface area (Å²) in [6.07, 6.45) is 4.62. The Morgan fingerprint density at radius 3 is 2.70 bits per heavy atom. The van der Waals surface area contributed by atoms with Crippen molar-refractivity contribution >= 4 is 45.5 Å². The van der Waals surface area contributed by atoms with E-state index in [-0.39, 0.29) is 22.1 Å². The Labute approximate surface area is 175 Å². The average Bonchev–Trinajstić information content (AvgIpc) is 3.15. The topological polar surface area (TPSA) is 84.8 Å². The number of amides is 1. The molecule has 1 aliphatic heterocycles. The Kier molecular flexibility index (Phi) is 4.36. The molecule has 0 aliphatic carbocycles. The van der Waals surface area contributed by atoms with Gasteiger partial charge in [-0.1, -0.05) is 6.08 Å². The molecule has 4 aromatic rings. The highest BCUT2D eigenvalue weighted by Gasteiger charge is 2.21. The number of nitrogens with one attached hydrogen (secondary N) is 3. The molecule has 0 bridgehead atoms. The highest BCUT2D eigenvalue weighted by atomic mass is 32.1. The molecule has 0 saturated heterocycles. The third-order valence-corrected chi connectivity index (χ3v) is 5.68. The summed E-state index contributed by atoms with van der Waals surface area (Å²) in [7, 11) is 0. The molecule has 3 N–H and O–H groups in total. The van der Waals surface area contributed by atoms with Crippen molar-refractivity contribution in [2.24, 2.45) is 0 Å². The van der Waals surface area contributed by atoms with E-state index < -0.39 is 0 Å². The molecule has 5 rings (SSSR count). The summed E-state index contributed by atoms with van der Waals surface area (Å²) >= 11 is 5.02. The van der Waals surface area contributed by atoms with Crippen LogP contribution in [0, 0.1) is 10.6 Å². The molecule has 1 amide bonds. The minimum absolute atomic E-state index is 0.104. The minimum Gasteiger partial charge on any atom is -0.360 e. The first-order chi connectivity index (χ1) is 14.5. The van der Waals surface area contributed by atoms with E-state index in [1.54, 1.807) is 29.2 Å². The largest absolute Gasteiger partial charge is 0.360 e. The molecule has 0 atom stereocenters. The van der Waals surface area contributed by atoms with Gasteiger partial charge in [-0.3, -0.25) is 14.6 Å². The number of benzene rings is 2. The van der Waals surface area contributed by atoms with Crippen LogP contribution in [0.3, 0.4) is 0 Å². The van der Waals surface area contributed by atoms with Crippen LogP contribution in [0.15, 0.2) is 53.5 Å². The SMILES string of the molecule is O=C(c1ccc2c(=O)[nH]c(=S)[nH]c2c1)N1CC=C(c2c[nH]c3cc(F)ccc23)CC1. The third-order valence-electron chi connectivity index (χ3n) is 5.47. The summed E-state index contributed by atoms with van der Waals surface area (Å²) in [5, 5.41) is 1.43. The van der Waals surface area contributed by atoms with E-state index in [0.717, 1.165) is 22.0 Å². The normalized spacial score (nSPS) is 14.3. The summed E-state index contributed by atoms with van der Waals surface area (Å²) in [6, 6.07) is 9.65. The fourth-order valence-corrected chi connectivity index (χ4v) is 4.15. The zero-order chi connectivity index (χ0) is 20.8. The number of aromatic nitrogens is 3. The molecule has 2 aromatic heterocycles. The highest BCUT2D eigenvalue weighted by molar-refractivity contribution is 7.71. The first kappa shape index (κ1) is 18.5.